The van der Waals surface area contributed by atoms with Gasteiger partial charge in [-0.15, -0.1) is 0 Å². The Labute approximate surface area is 122 Å². The van der Waals surface area contributed by atoms with Gasteiger partial charge in [-0.1, -0.05) is 13.8 Å². The van der Waals surface area contributed by atoms with E-state index in [1.807, 2.05) is 0 Å². The topological polar surface area (TPSA) is 90.2 Å². The van der Waals surface area contributed by atoms with E-state index in [4.69, 9.17) is 5.26 Å². The highest BCUT2D eigenvalue weighted by atomic mass is 19.1. The second kappa shape index (κ2) is 6.84. The lowest BCUT2D eigenvalue weighted by Crippen LogP contribution is -2.34. The molecule has 0 spiro atoms. The van der Waals surface area contributed by atoms with E-state index in [1.165, 1.54) is 12.1 Å². The Morgan fingerprint density at radius 2 is 2.00 bits per heavy atom. The first-order chi connectivity index (χ1) is 9.88. The fourth-order valence-corrected chi connectivity index (χ4v) is 2.07. The number of nitriles is 1. The summed E-state index contributed by atoms with van der Waals surface area (Å²) in [5.74, 6) is -2.33. The lowest BCUT2D eigenvalue weighted by atomic mass is 9.79. The predicted octanol–water partition coefficient (Wildman–Crippen LogP) is 2.92. The summed E-state index contributed by atoms with van der Waals surface area (Å²) in [7, 11) is 0. The van der Waals surface area contributed by atoms with Gasteiger partial charge in [0.25, 0.3) is 0 Å². The van der Waals surface area contributed by atoms with E-state index < -0.39 is 23.1 Å². The minimum absolute atomic E-state index is 0.0644. The summed E-state index contributed by atoms with van der Waals surface area (Å²) in [5, 5.41) is 20.3. The summed E-state index contributed by atoms with van der Waals surface area (Å²) in [4.78, 5) is 23.3. The van der Waals surface area contributed by atoms with Gasteiger partial charge in [-0.3, -0.25) is 9.59 Å². The molecule has 0 atom stereocenters. The first kappa shape index (κ1) is 16.6. The molecular formula is C15H17FN2O3. The van der Waals surface area contributed by atoms with Gasteiger partial charge in [0.15, 0.2) is 0 Å². The van der Waals surface area contributed by atoms with Gasteiger partial charge in [-0.05, 0) is 31.0 Å². The van der Waals surface area contributed by atoms with Crippen molar-refractivity contribution in [2.75, 3.05) is 5.32 Å². The Morgan fingerprint density at radius 1 is 1.38 bits per heavy atom. The Balaban J connectivity index is 2.87. The number of hydrogen-bond donors (Lipinski definition) is 2. The van der Waals surface area contributed by atoms with E-state index in [0.717, 1.165) is 6.07 Å². The molecule has 21 heavy (non-hydrogen) atoms. The molecule has 5 nitrogen and oxygen atoms in total. The van der Waals surface area contributed by atoms with Crippen molar-refractivity contribution >= 4 is 17.6 Å². The van der Waals surface area contributed by atoms with Crippen molar-refractivity contribution in [1.82, 2.24) is 0 Å². The van der Waals surface area contributed by atoms with Crippen LogP contribution in [0.2, 0.25) is 0 Å². The molecule has 0 unspecified atom stereocenters. The van der Waals surface area contributed by atoms with E-state index in [0.29, 0.717) is 12.8 Å². The number of carbonyl (C=O) groups excluding carboxylic acids is 1. The first-order valence-electron chi connectivity index (χ1n) is 6.61. The minimum Gasteiger partial charge on any atom is -0.481 e. The van der Waals surface area contributed by atoms with Gasteiger partial charge < -0.3 is 10.4 Å². The summed E-state index contributed by atoms with van der Waals surface area (Å²) in [5.41, 5.74) is -1.06. The summed E-state index contributed by atoms with van der Waals surface area (Å²) in [6.07, 6.45) is 0.388. The number of nitrogens with one attached hydrogen (secondary N) is 1. The van der Waals surface area contributed by atoms with E-state index in [-0.39, 0.29) is 17.7 Å². The van der Waals surface area contributed by atoms with Gasteiger partial charge in [0.05, 0.1) is 22.7 Å². The molecule has 0 aliphatic heterocycles. The van der Waals surface area contributed by atoms with Crippen LogP contribution in [0.1, 0.15) is 38.7 Å². The molecular weight excluding hydrogens is 275 g/mol. The van der Waals surface area contributed by atoms with Crippen LogP contribution >= 0.6 is 0 Å². The molecule has 1 aromatic carbocycles. The third-order valence-electron chi connectivity index (χ3n) is 3.68. The molecule has 0 saturated carbocycles. The predicted molar refractivity (Wildman–Crippen MR) is 75.0 cm³/mol. The van der Waals surface area contributed by atoms with Gasteiger partial charge in [0.1, 0.15) is 5.82 Å². The largest absolute Gasteiger partial charge is 0.481 e. The van der Waals surface area contributed by atoms with Crippen LogP contribution in [0.5, 0.6) is 0 Å². The molecule has 0 aliphatic carbocycles. The van der Waals surface area contributed by atoms with E-state index in [2.05, 4.69) is 5.32 Å². The Kier molecular flexibility index (Phi) is 5.42. The van der Waals surface area contributed by atoms with Crippen LogP contribution < -0.4 is 5.32 Å². The monoisotopic (exact) mass is 292 g/mol. The highest BCUT2D eigenvalue weighted by Crippen LogP contribution is 2.31. The summed E-state index contributed by atoms with van der Waals surface area (Å²) in [6.45, 7) is 3.40. The average Bonchev–Trinajstić information content (AvgIpc) is 2.46. The number of amides is 1. The first-order valence-corrected chi connectivity index (χ1v) is 6.61. The van der Waals surface area contributed by atoms with Crippen molar-refractivity contribution in [3.05, 3.63) is 29.6 Å². The van der Waals surface area contributed by atoms with Crippen LogP contribution in [0.15, 0.2) is 18.2 Å². The van der Waals surface area contributed by atoms with Gasteiger partial charge in [0.2, 0.25) is 5.91 Å². The second-order valence-electron chi connectivity index (χ2n) is 4.82. The number of hydrogen-bond acceptors (Lipinski definition) is 3. The number of carboxylic acid groups (broad SMARTS) is 1. The van der Waals surface area contributed by atoms with Crippen molar-refractivity contribution in [1.29, 1.82) is 5.26 Å². The number of halogens is 1. The van der Waals surface area contributed by atoms with Crippen LogP contribution in [-0.4, -0.2) is 17.0 Å². The standard InChI is InChI=1S/C15H17FN2O3/c1-3-15(4-2,14(20)21)8-13(19)18-12-6-5-10(9-17)7-11(12)16/h5-7H,3-4,8H2,1-2H3,(H,18,19)(H,20,21). The lowest BCUT2D eigenvalue weighted by Gasteiger charge is -2.25. The number of carbonyl (C=O) groups is 2. The summed E-state index contributed by atoms with van der Waals surface area (Å²) >= 11 is 0. The third kappa shape index (κ3) is 3.78. The molecule has 0 fully saturated rings. The summed E-state index contributed by atoms with van der Waals surface area (Å²) < 4.78 is 13.7. The number of carboxylic acids is 1. The molecule has 6 heteroatoms. The van der Waals surface area contributed by atoms with Crippen LogP contribution in [-0.2, 0) is 9.59 Å². The zero-order valence-electron chi connectivity index (χ0n) is 11.9. The van der Waals surface area contributed by atoms with Gasteiger partial charge in [0, 0.05) is 6.42 Å². The zero-order valence-corrected chi connectivity index (χ0v) is 11.9. The van der Waals surface area contributed by atoms with Crippen molar-refractivity contribution < 1.29 is 19.1 Å². The Bertz CT molecular complexity index is 589. The van der Waals surface area contributed by atoms with Crippen LogP contribution in [0.4, 0.5) is 10.1 Å². The minimum atomic E-state index is -1.15. The number of benzene rings is 1. The van der Waals surface area contributed by atoms with E-state index >= 15 is 0 Å². The highest BCUT2D eigenvalue weighted by molar-refractivity contribution is 5.94. The maximum atomic E-state index is 13.7. The van der Waals surface area contributed by atoms with Gasteiger partial charge >= 0.3 is 5.97 Å². The molecule has 1 amide bonds. The van der Waals surface area contributed by atoms with Crippen LogP contribution in [0.3, 0.4) is 0 Å². The summed E-state index contributed by atoms with van der Waals surface area (Å²) in [6, 6.07) is 5.46. The molecule has 0 bridgehead atoms. The molecule has 0 heterocycles. The molecule has 112 valence electrons. The smallest absolute Gasteiger partial charge is 0.310 e. The van der Waals surface area contributed by atoms with Crippen molar-refractivity contribution in [3.8, 4) is 6.07 Å². The molecule has 0 saturated heterocycles. The number of nitrogens with zero attached hydrogens (tertiary/aromatic N) is 1. The third-order valence-corrected chi connectivity index (χ3v) is 3.68. The fraction of sp³-hybridized carbons (Fsp3) is 0.400. The van der Waals surface area contributed by atoms with Crippen molar-refractivity contribution in [2.24, 2.45) is 5.41 Å². The van der Waals surface area contributed by atoms with Crippen molar-refractivity contribution in [3.63, 3.8) is 0 Å². The highest BCUT2D eigenvalue weighted by Gasteiger charge is 2.37. The van der Waals surface area contributed by atoms with Crippen LogP contribution in [0, 0.1) is 22.6 Å². The van der Waals surface area contributed by atoms with Gasteiger partial charge in [-0.25, -0.2) is 4.39 Å². The molecule has 1 aromatic rings. The van der Waals surface area contributed by atoms with Crippen molar-refractivity contribution in [2.45, 2.75) is 33.1 Å². The maximum absolute atomic E-state index is 13.7. The van der Waals surface area contributed by atoms with Crippen LogP contribution in [0.25, 0.3) is 0 Å². The molecule has 0 aliphatic rings. The van der Waals surface area contributed by atoms with Gasteiger partial charge in [-0.2, -0.15) is 5.26 Å². The fourth-order valence-electron chi connectivity index (χ4n) is 2.07. The maximum Gasteiger partial charge on any atom is 0.310 e. The number of aliphatic carboxylic acids is 1. The Hall–Kier alpha value is -2.42. The lowest BCUT2D eigenvalue weighted by molar-refractivity contribution is -0.151. The zero-order chi connectivity index (χ0) is 16.0. The van der Waals surface area contributed by atoms with E-state index in [9.17, 15) is 19.1 Å². The van der Waals surface area contributed by atoms with E-state index in [1.54, 1.807) is 19.9 Å². The quantitative estimate of drug-likeness (QED) is 0.843. The molecule has 2 N–H and O–H groups in total. The Morgan fingerprint density at radius 3 is 2.43 bits per heavy atom. The molecule has 0 radical (unpaired) electrons. The number of rotatable bonds is 6. The molecule has 1 rings (SSSR count). The second-order valence-corrected chi connectivity index (χ2v) is 4.82. The number of anilines is 1. The molecule has 0 aromatic heterocycles. The average molecular weight is 292 g/mol. The normalized spacial score (nSPS) is 10.8. The SMILES string of the molecule is CCC(CC)(CC(=O)Nc1ccc(C#N)cc1F)C(=O)O.